The number of rotatable bonds is 7. The quantitative estimate of drug-likeness (QED) is 0.424. The minimum absolute atomic E-state index is 0.136. The Morgan fingerprint density at radius 3 is 2.20 bits per heavy atom. The van der Waals surface area contributed by atoms with Crippen LogP contribution in [0.2, 0.25) is 18.1 Å². The predicted molar refractivity (Wildman–Crippen MR) is 87.7 cm³/mol. The second-order valence-corrected chi connectivity index (χ2v) is 13.2. The molecule has 0 aromatic heterocycles. The summed E-state index contributed by atoms with van der Waals surface area (Å²) in [6, 6.07) is 0. The van der Waals surface area contributed by atoms with E-state index in [-0.39, 0.29) is 5.04 Å². The molecule has 0 aromatic carbocycles. The molecule has 4 nitrogen and oxygen atoms in total. The van der Waals surface area contributed by atoms with Gasteiger partial charge in [0.1, 0.15) is 4.32 Å². The lowest BCUT2D eigenvalue weighted by Crippen LogP contribution is -2.45. The van der Waals surface area contributed by atoms with Crippen LogP contribution in [0.1, 0.15) is 41.0 Å². The monoisotopic (exact) mass is 368 g/mol. The highest BCUT2D eigenvalue weighted by atomic mass is 79.9. The maximum atomic E-state index is 11.8. The van der Waals surface area contributed by atoms with Gasteiger partial charge in [0.2, 0.25) is 0 Å². The number of hydrogen-bond donors (Lipinski definition) is 1. The van der Waals surface area contributed by atoms with Crippen LogP contribution in [-0.2, 0) is 14.0 Å². The van der Waals surface area contributed by atoms with E-state index >= 15 is 0 Å². The average molecular weight is 369 g/mol. The van der Waals surface area contributed by atoms with Gasteiger partial charge in [0.15, 0.2) is 8.32 Å². The molecular formula is C14H29BrO4Si. The van der Waals surface area contributed by atoms with Crippen molar-refractivity contribution in [1.29, 1.82) is 0 Å². The molecule has 0 fully saturated rings. The van der Waals surface area contributed by atoms with E-state index in [0.29, 0.717) is 19.6 Å². The Balaban J connectivity index is 4.43. The van der Waals surface area contributed by atoms with Crippen LogP contribution in [0.3, 0.4) is 0 Å². The normalized spacial score (nSPS) is 17.4. The highest BCUT2D eigenvalue weighted by molar-refractivity contribution is 9.10. The third kappa shape index (κ3) is 5.46. The zero-order chi connectivity index (χ0) is 16.2. The summed E-state index contributed by atoms with van der Waals surface area (Å²) in [4.78, 5) is 11.8. The molecule has 120 valence electrons. The van der Waals surface area contributed by atoms with Gasteiger partial charge in [-0.3, -0.25) is 4.79 Å². The third-order valence-corrected chi connectivity index (χ3v) is 9.35. The number of carbonyl (C=O) groups excluding carboxylic acids is 1. The molecule has 0 aromatic rings. The van der Waals surface area contributed by atoms with Gasteiger partial charge < -0.3 is 14.3 Å². The smallest absolute Gasteiger partial charge is 0.325 e. The zero-order valence-electron chi connectivity index (χ0n) is 13.7. The molecule has 0 aliphatic rings. The number of alkyl halides is 1. The van der Waals surface area contributed by atoms with Crippen molar-refractivity contribution in [2.45, 2.75) is 69.6 Å². The van der Waals surface area contributed by atoms with E-state index in [1.54, 1.807) is 13.8 Å². The van der Waals surface area contributed by atoms with Crippen molar-refractivity contribution < 1.29 is 19.1 Å². The fourth-order valence-corrected chi connectivity index (χ4v) is 2.73. The molecule has 0 rings (SSSR count). The van der Waals surface area contributed by atoms with Crippen LogP contribution < -0.4 is 0 Å². The molecule has 1 N–H and O–H groups in total. The standard InChI is InChI=1S/C14H29BrO4Si/c1-8-18-12(17)14(5,15)11(16)9-10-19-20(6,7)13(2,3)4/h11,16H,8-10H2,1-7H3/t11-,14+/m1/s1. The Morgan fingerprint density at radius 2 is 1.80 bits per heavy atom. The van der Waals surface area contributed by atoms with Gasteiger partial charge >= 0.3 is 5.97 Å². The number of esters is 1. The summed E-state index contributed by atoms with van der Waals surface area (Å²) in [5, 5.41) is 10.3. The number of halogens is 1. The number of aliphatic hydroxyl groups is 1. The highest BCUT2D eigenvalue weighted by Gasteiger charge is 2.41. The summed E-state index contributed by atoms with van der Waals surface area (Å²) in [5.41, 5.74) is 0. The molecule has 0 amide bonds. The molecule has 0 saturated carbocycles. The zero-order valence-corrected chi connectivity index (χ0v) is 16.3. The molecule has 0 unspecified atom stereocenters. The Bertz CT molecular complexity index is 324. The van der Waals surface area contributed by atoms with Crippen molar-refractivity contribution in [3.63, 3.8) is 0 Å². The van der Waals surface area contributed by atoms with Gasteiger partial charge in [-0.1, -0.05) is 36.7 Å². The molecule has 0 saturated heterocycles. The first-order chi connectivity index (χ1) is 8.86. The molecule has 0 spiro atoms. The first-order valence-corrected chi connectivity index (χ1v) is 10.7. The van der Waals surface area contributed by atoms with Gasteiger partial charge in [-0.25, -0.2) is 0 Å². The SMILES string of the molecule is CCOC(=O)[C@@](C)(Br)[C@H](O)CCO[Si](C)(C)C(C)(C)C. The van der Waals surface area contributed by atoms with E-state index in [9.17, 15) is 9.90 Å². The fourth-order valence-electron chi connectivity index (χ4n) is 1.32. The van der Waals surface area contributed by atoms with Crippen molar-refractivity contribution in [2.75, 3.05) is 13.2 Å². The first kappa shape index (κ1) is 20.1. The second kappa shape index (κ2) is 7.38. The van der Waals surface area contributed by atoms with E-state index in [2.05, 4.69) is 49.8 Å². The summed E-state index contributed by atoms with van der Waals surface area (Å²) < 4.78 is 9.87. The molecule has 20 heavy (non-hydrogen) atoms. The van der Waals surface area contributed by atoms with Crippen LogP contribution in [0.5, 0.6) is 0 Å². The fraction of sp³-hybridized carbons (Fsp3) is 0.929. The van der Waals surface area contributed by atoms with Gasteiger partial charge in [-0.15, -0.1) is 0 Å². The summed E-state index contributed by atoms with van der Waals surface area (Å²) in [7, 11) is -1.82. The van der Waals surface area contributed by atoms with E-state index in [1.165, 1.54) is 0 Å². The van der Waals surface area contributed by atoms with E-state index in [0.717, 1.165) is 0 Å². The van der Waals surface area contributed by atoms with Gasteiger partial charge in [-0.2, -0.15) is 0 Å². The average Bonchev–Trinajstić information content (AvgIpc) is 2.27. The van der Waals surface area contributed by atoms with Crippen LogP contribution in [0.4, 0.5) is 0 Å². The van der Waals surface area contributed by atoms with Crippen LogP contribution in [0.15, 0.2) is 0 Å². The Morgan fingerprint density at radius 1 is 1.30 bits per heavy atom. The van der Waals surface area contributed by atoms with Crippen LogP contribution in [0, 0.1) is 0 Å². The third-order valence-electron chi connectivity index (χ3n) is 3.96. The largest absolute Gasteiger partial charge is 0.465 e. The van der Waals surface area contributed by atoms with Gasteiger partial charge in [-0.05, 0) is 38.4 Å². The first-order valence-electron chi connectivity index (χ1n) is 7.04. The molecule has 0 aliphatic carbocycles. The molecule has 0 radical (unpaired) electrons. The predicted octanol–water partition coefficient (Wildman–Crippen LogP) is 3.48. The second-order valence-electron chi connectivity index (χ2n) is 6.71. The van der Waals surface area contributed by atoms with Crippen molar-refractivity contribution in [2.24, 2.45) is 0 Å². The summed E-state index contributed by atoms with van der Waals surface area (Å²) in [6.45, 7) is 15.0. The molecule has 6 heteroatoms. The topological polar surface area (TPSA) is 55.8 Å². The molecular weight excluding hydrogens is 340 g/mol. The summed E-state index contributed by atoms with van der Waals surface area (Å²) >= 11 is 3.27. The lowest BCUT2D eigenvalue weighted by Gasteiger charge is -2.36. The highest BCUT2D eigenvalue weighted by Crippen LogP contribution is 2.37. The van der Waals surface area contributed by atoms with Crippen molar-refractivity contribution >= 4 is 30.2 Å². The van der Waals surface area contributed by atoms with Crippen molar-refractivity contribution in [3.8, 4) is 0 Å². The minimum atomic E-state index is -1.82. The lowest BCUT2D eigenvalue weighted by atomic mass is 10.0. The van der Waals surface area contributed by atoms with E-state index in [4.69, 9.17) is 9.16 Å². The molecule has 0 heterocycles. The van der Waals surface area contributed by atoms with E-state index in [1.807, 2.05) is 0 Å². The van der Waals surface area contributed by atoms with Crippen molar-refractivity contribution in [1.82, 2.24) is 0 Å². The maximum Gasteiger partial charge on any atom is 0.325 e. The van der Waals surface area contributed by atoms with Crippen LogP contribution >= 0.6 is 15.9 Å². The maximum absolute atomic E-state index is 11.8. The number of carbonyl (C=O) groups is 1. The molecule has 0 aliphatic heterocycles. The summed E-state index contributed by atoms with van der Waals surface area (Å²) in [6.07, 6.45) is -0.445. The van der Waals surface area contributed by atoms with Gasteiger partial charge in [0.25, 0.3) is 0 Å². The Labute approximate surface area is 132 Å². The number of aliphatic hydroxyl groups excluding tert-OH is 1. The Hall–Kier alpha value is 0.0869. The Kier molecular flexibility index (Phi) is 7.41. The van der Waals surface area contributed by atoms with Gasteiger partial charge in [0, 0.05) is 6.61 Å². The summed E-state index contributed by atoms with van der Waals surface area (Å²) in [5.74, 6) is -0.445. The van der Waals surface area contributed by atoms with E-state index < -0.39 is 24.7 Å². The minimum Gasteiger partial charge on any atom is -0.465 e. The van der Waals surface area contributed by atoms with Crippen molar-refractivity contribution in [3.05, 3.63) is 0 Å². The molecule has 0 bridgehead atoms. The number of ether oxygens (including phenoxy) is 1. The number of hydrogen-bond acceptors (Lipinski definition) is 4. The molecule has 2 atom stereocenters. The van der Waals surface area contributed by atoms with Gasteiger partial charge in [0.05, 0.1) is 12.7 Å². The van der Waals surface area contributed by atoms with Crippen LogP contribution in [0.25, 0.3) is 0 Å². The lowest BCUT2D eigenvalue weighted by molar-refractivity contribution is -0.148. The van der Waals surface area contributed by atoms with Crippen LogP contribution in [-0.4, -0.2) is 43.0 Å².